The lowest BCUT2D eigenvalue weighted by Gasteiger charge is -2.26. The average molecular weight is 664 g/mol. The van der Waals surface area contributed by atoms with Gasteiger partial charge in [0.2, 0.25) is 0 Å². The zero-order chi connectivity index (χ0) is 31.6. The SMILES string of the molecule is CCOC(=O)C1=C(C(F)(F)F)N=c2s/c(=C\c3cc(Cl)c(OCc4ccccc4)c(OC)c3)c(=O)n2[C@H]1c1ccc(Cl)cc1. The van der Waals surface area contributed by atoms with E-state index in [-0.39, 0.29) is 44.6 Å². The second-order valence-corrected chi connectivity index (χ2v) is 11.3. The molecule has 44 heavy (non-hydrogen) atoms. The highest BCUT2D eigenvalue weighted by atomic mass is 35.5. The first-order chi connectivity index (χ1) is 21.0. The summed E-state index contributed by atoms with van der Waals surface area (Å²) in [7, 11) is 1.43. The van der Waals surface area contributed by atoms with Crippen LogP contribution in [0.15, 0.2) is 87.8 Å². The molecule has 13 heteroatoms. The lowest BCUT2D eigenvalue weighted by Crippen LogP contribution is -2.41. The number of esters is 1. The van der Waals surface area contributed by atoms with Gasteiger partial charge in [-0.1, -0.05) is 77.0 Å². The Morgan fingerprint density at radius 1 is 1.09 bits per heavy atom. The Hall–Kier alpha value is -4.06. The summed E-state index contributed by atoms with van der Waals surface area (Å²) in [6, 6.07) is 16.9. The maximum Gasteiger partial charge on any atom is 0.434 e. The van der Waals surface area contributed by atoms with Crippen LogP contribution in [0.3, 0.4) is 0 Å². The van der Waals surface area contributed by atoms with Gasteiger partial charge in [0.05, 0.1) is 34.9 Å². The van der Waals surface area contributed by atoms with Gasteiger partial charge in [0, 0.05) is 5.02 Å². The fourth-order valence-electron chi connectivity index (χ4n) is 4.65. The first-order valence-corrected chi connectivity index (χ1v) is 14.7. The molecule has 2 heterocycles. The van der Waals surface area contributed by atoms with Crippen molar-refractivity contribution in [2.75, 3.05) is 13.7 Å². The number of allylic oxidation sites excluding steroid dienone is 1. The van der Waals surface area contributed by atoms with Crippen molar-refractivity contribution in [3.63, 3.8) is 0 Å². The Kier molecular flexibility index (Phi) is 9.19. The van der Waals surface area contributed by atoms with Gasteiger partial charge in [0.25, 0.3) is 5.56 Å². The van der Waals surface area contributed by atoms with Crippen LogP contribution < -0.4 is 24.4 Å². The van der Waals surface area contributed by atoms with E-state index in [0.29, 0.717) is 10.6 Å². The van der Waals surface area contributed by atoms with Crippen LogP contribution in [0.1, 0.15) is 29.7 Å². The Balaban J connectivity index is 1.65. The summed E-state index contributed by atoms with van der Waals surface area (Å²) in [4.78, 5) is 30.3. The van der Waals surface area contributed by atoms with E-state index in [4.69, 9.17) is 37.4 Å². The number of fused-ring (bicyclic) bond motifs is 1. The number of carbonyl (C=O) groups excluding carboxylic acids is 1. The molecular formula is C31H23Cl2F3N2O5S. The molecule has 4 aromatic rings. The van der Waals surface area contributed by atoms with Gasteiger partial charge in [-0.05, 0) is 54.0 Å². The molecule has 0 fully saturated rings. The van der Waals surface area contributed by atoms with Crippen LogP contribution in [-0.2, 0) is 16.1 Å². The number of ether oxygens (including phenoxy) is 3. The van der Waals surface area contributed by atoms with Crippen LogP contribution in [0.5, 0.6) is 11.5 Å². The molecule has 1 aromatic heterocycles. The minimum absolute atomic E-state index is 0.0467. The van der Waals surface area contributed by atoms with Crippen molar-refractivity contribution in [1.29, 1.82) is 0 Å². The number of aromatic nitrogens is 1. The van der Waals surface area contributed by atoms with Crippen LogP contribution in [0.25, 0.3) is 6.08 Å². The quantitative estimate of drug-likeness (QED) is 0.209. The van der Waals surface area contributed by atoms with Crippen molar-refractivity contribution in [1.82, 2.24) is 4.57 Å². The number of nitrogens with zero attached hydrogens (tertiary/aromatic N) is 2. The predicted molar refractivity (Wildman–Crippen MR) is 161 cm³/mol. The molecule has 1 aliphatic heterocycles. The summed E-state index contributed by atoms with van der Waals surface area (Å²) in [5.74, 6) is -0.663. The van der Waals surface area contributed by atoms with Crippen molar-refractivity contribution in [2.45, 2.75) is 25.7 Å². The fourth-order valence-corrected chi connectivity index (χ4v) is 6.05. The minimum Gasteiger partial charge on any atom is -0.493 e. The highest BCUT2D eigenvalue weighted by Crippen LogP contribution is 2.39. The number of rotatable bonds is 8. The number of hydrogen-bond donors (Lipinski definition) is 0. The first-order valence-electron chi connectivity index (χ1n) is 13.1. The third kappa shape index (κ3) is 6.40. The molecule has 1 atom stereocenters. The molecule has 1 aliphatic rings. The summed E-state index contributed by atoms with van der Waals surface area (Å²) in [5.41, 5.74) is -1.36. The van der Waals surface area contributed by atoms with Crippen LogP contribution in [0, 0.1) is 0 Å². The third-order valence-electron chi connectivity index (χ3n) is 6.56. The molecule has 0 saturated carbocycles. The van der Waals surface area contributed by atoms with Gasteiger partial charge < -0.3 is 14.2 Å². The largest absolute Gasteiger partial charge is 0.493 e. The lowest BCUT2D eigenvalue weighted by molar-refractivity contribution is -0.140. The summed E-state index contributed by atoms with van der Waals surface area (Å²) in [5, 5.41) is 0.517. The van der Waals surface area contributed by atoms with E-state index in [1.165, 1.54) is 44.4 Å². The number of halogens is 5. The molecule has 0 amide bonds. The van der Waals surface area contributed by atoms with E-state index in [1.807, 2.05) is 30.3 Å². The molecule has 0 bridgehead atoms. The number of alkyl halides is 3. The van der Waals surface area contributed by atoms with Gasteiger partial charge in [0.1, 0.15) is 6.61 Å². The van der Waals surface area contributed by atoms with Crippen LogP contribution in [0.4, 0.5) is 13.2 Å². The fraction of sp³-hybridized carbons (Fsp3) is 0.194. The van der Waals surface area contributed by atoms with Crippen molar-refractivity contribution in [2.24, 2.45) is 4.99 Å². The molecule has 0 saturated heterocycles. The van der Waals surface area contributed by atoms with Gasteiger partial charge in [0.15, 0.2) is 22.0 Å². The van der Waals surface area contributed by atoms with E-state index in [1.54, 1.807) is 12.1 Å². The minimum atomic E-state index is -5.02. The van der Waals surface area contributed by atoms with E-state index in [9.17, 15) is 22.8 Å². The third-order valence-corrected chi connectivity index (χ3v) is 8.07. The summed E-state index contributed by atoms with van der Waals surface area (Å²) in [6.07, 6.45) is -3.56. The summed E-state index contributed by atoms with van der Waals surface area (Å²) < 4.78 is 60.4. The van der Waals surface area contributed by atoms with Gasteiger partial charge in [-0.25, -0.2) is 9.79 Å². The number of thiazole rings is 1. The van der Waals surface area contributed by atoms with Crippen LogP contribution in [-0.4, -0.2) is 30.4 Å². The summed E-state index contributed by atoms with van der Waals surface area (Å²) >= 11 is 13.3. The van der Waals surface area contributed by atoms with Gasteiger partial charge >= 0.3 is 12.1 Å². The van der Waals surface area contributed by atoms with Gasteiger partial charge in [-0.2, -0.15) is 13.2 Å². The summed E-state index contributed by atoms with van der Waals surface area (Å²) in [6.45, 7) is 1.51. The Morgan fingerprint density at radius 2 is 1.80 bits per heavy atom. The second-order valence-electron chi connectivity index (χ2n) is 9.42. The van der Waals surface area contributed by atoms with E-state index in [0.717, 1.165) is 21.5 Å². The number of hydrogen-bond acceptors (Lipinski definition) is 7. The number of carbonyl (C=O) groups is 1. The van der Waals surface area contributed by atoms with Crippen LogP contribution in [0.2, 0.25) is 10.0 Å². The van der Waals surface area contributed by atoms with E-state index >= 15 is 0 Å². The molecule has 7 nitrogen and oxygen atoms in total. The van der Waals surface area contributed by atoms with Gasteiger partial charge in [-0.3, -0.25) is 9.36 Å². The maximum atomic E-state index is 14.3. The molecular weight excluding hydrogens is 640 g/mol. The average Bonchev–Trinajstić information content (AvgIpc) is 3.30. The number of benzene rings is 3. The first kappa shape index (κ1) is 31.4. The van der Waals surface area contributed by atoms with Crippen molar-refractivity contribution >= 4 is 46.6 Å². The molecule has 0 radical (unpaired) electrons. The predicted octanol–water partition coefficient (Wildman–Crippen LogP) is 6.24. The molecule has 5 rings (SSSR count). The van der Waals surface area contributed by atoms with E-state index in [2.05, 4.69) is 4.99 Å². The zero-order valence-corrected chi connectivity index (χ0v) is 25.5. The lowest BCUT2D eigenvalue weighted by atomic mass is 9.95. The zero-order valence-electron chi connectivity index (χ0n) is 23.2. The second kappa shape index (κ2) is 12.9. The standard InChI is InChI=1S/C31H23Cl2F3N2O5S/c1-3-42-29(40)24-25(19-9-11-20(32)12-10-19)38-28(39)23(44-30(38)37-27(24)31(34,35)36)15-18-13-21(33)26(22(14-18)41-2)43-16-17-7-5-4-6-8-17/h4-15,25H,3,16H2,1-2H3/b23-15-/t25-/m0/s1. The highest BCUT2D eigenvalue weighted by Gasteiger charge is 2.45. The Morgan fingerprint density at radius 3 is 2.43 bits per heavy atom. The molecule has 228 valence electrons. The highest BCUT2D eigenvalue weighted by molar-refractivity contribution is 7.07. The molecule has 0 spiro atoms. The molecule has 0 N–H and O–H groups in total. The van der Waals surface area contributed by atoms with Crippen molar-refractivity contribution in [3.05, 3.63) is 124 Å². The van der Waals surface area contributed by atoms with Gasteiger partial charge in [-0.15, -0.1) is 0 Å². The molecule has 3 aromatic carbocycles. The monoisotopic (exact) mass is 662 g/mol. The molecule has 0 unspecified atom stereocenters. The topological polar surface area (TPSA) is 79.1 Å². The van der Waals surface area contributed by atoms with Crippen LogP contribution >= 0.6 is 34.5 Å². The Labute approximate surface area is 263 Å². The Bertz CT molecular complexity index is 1920. The number of methoxy groups -OCH3 is 1. The normalized spacial score (nSPS) is 15.1. The molecule has 0 aliphatic carbocycles. The smallest absolute Gasteiger partial charge is 0.434 e. The maximum absolute atomic E-state index is 14.3. The van der Waals surface area contributed by atoms with Crippen molar-refractivity contribution in [3.8, 4) is 11.5 Å². The van der Waals surface area contributed by atoms with Crippen molar-refractivity contribution < 1.29 is 32.2 Å². The van der Waals surface area contributed by atoms with E-state index < -0.39 is 35.0 Å².